The van der Waals surface area contributed by atoms with E-state index >= 15 is 0 Å². The average Bonchev–Trinajstić information content (AvgIpc) is 3.16. The average molecular weight is 517 g/mol. The molecule has 0 spiro atoms. The summed E-state index contributed by atoms with van der Waals surface area (Å²) in [6, 6.07) is 3.55. The molecule has 3 heterocycles. The van der Waals surface area contributed by atoms with Crippen LogP contribution in [0, 0.1) is 47.9 Å². The molecule has 14 nitrogen and oxygen atoms in total. The van der Waals surface area contributed by atoms with E-state index in [-0.39, 0.29) is 18.7 Å². The van der Waals surface area contributed by atoms with Gasteiger partial charge in [0.1, 0.15) is 29.4 Å². The second-order valence-electron chi connectivity index (χ2n) is 8.41. The molecule has 15 heteroatoms. The van der Waals surface area contributed by atoms with Crippen molar-refractivity contribution in [2.45, 2.75) is 32.6 Å². The Kier molecular flexibility index (Phi) is 6.44. The van der Waals surface area contributed by atoms with Crippen molar-refractivity contribution in [3.8, 4) is 5.82 Å². The largest absolute Gasteiger partial charge is 0.354 e. The Balaban J connectivity index is 1.59. The minimum Gasteiger partial charge on any atom is -0.354 e. The van der Waals surface area contributed by atoms with Gasteiger partial charge in [0.15, 0.2) is 0 Å². The predicted molar refractivity (Wildman–Crippen MR) is 129 cm³/mol. The SMILES string of the molecule is Cc1nc(N2CCN(S(=O)(=O)c3cc([N+](=O)[O-])c(C)c([N+](=O)[O-])c3)CC2)cc(-n2cnc(C)c2C)n1. The summed E-state index contributed by atoms with van der Waals surface area (Å²) in [5, 5.41) is 22.8. The van der Waals surface area contributed by atoms with Crippen molar-refractivity contribution in [1.82, 2.24) is 23.8 Å². The maximum absolute atomic E-state index is 13.3. The lowest BCUT2D eigenvalue weighted by Gasteiger charge is -2.34. The molecule has 1 aliphatic heterocycles. The molecule has 0 amide bonds. The molecular formula is C21H24N8O6S. The van der Waals surface area contributed by atoms with Gasteiger partial charge < -0.3 is 4.90 Å². The van der Waals surface area contributed by atoms with E-state index in [0.717, 1.165) is 23.5 Å². The lowest BCUT2D eigenvalue weighted by atomic mass is 10.1. The fourth-order valence-electron chi connectivity index (χ4n) is 4.05. The third-order valence-electron chi connectivity index (χ3n) is 6.23. The molecule has 0 unspecified atom stereocenters. The number of sulfonamides is 1. The van der Waals surface area contributed by atoms with E-state index in [4.69, 9.17) is 0 Å². The van der Waals surface area contributed by atoms with E-state index in [9.17, 15) is 28.6 Å². The second kappa shape index (κ2) is 9.23. The molecule has 3 aromatic rings. The van der Waals surface area contributed by atoms with Crippen LogP contribution >= 0.6 is 0 Å². The molecule has 0 atom stereocenters. The molecular weight excluding hydrogens is 492 g/mol. The standard InChI is InChI=1S/C21H24N8O6S/c1-13-18(28(30)31)9-17(10-19(13)29(32)33)36(34,35)26-7-5-25(6-8-26)20-11-21(24-16(4)23-20)27-12-22-14(2)15(27)3/h9-12H,5-8H2,1-4H3. The Morgan fingerprint density at radius 3 is 1.92 bits per heavy atom. The quantitative estimate of drug-likeness (QED) is 0.349. The van der Waals surface area contributed by atoms with Crippen LogP contribution in [-0.2, 0) is 10.0 Å². The van der Waals surface area contributed by atoms with E-state index in [1.807, 2.05) is 23.3 Å². The van der Waals surface area contributed by atoms with Crippen molar-refractivity contribution in [1.29, 1.82) is 0 Å². The topological polar surface area (TPSA) is 170 Å². The summed E-state index contributed by atoms with van der Waals surface area (Å²) in [6.07, 6.45) is 1.68. The van der Waals surface area contributed by atoms with Crippen LogP contribution in [0.15, 0.2) is 29.4 Å². The molecule has 4 rings (SSSR count). The molecule has 1 saturated heterocycles. The molecule has 1 aromatic carbocycles. The van der Waals surface area contributed by atoms with Crippen LogP contribution in [0.2, 0.25) is 0 Å². The fourth-order valence-corrected chi connectivity index (χ4v) is 5.51. The Morgan fingerprint density at radius 2 is 1.42 bits per heavy atom. The number of rotatable bonds is 6. The number of benzene rings is 1. The van der Waals surface area contributed by atoms with E-state index in [1.165, 1.54) is 11.2 Å². The van der Waals surface area contributed by atoms with Gasteiger partial charge >= 0.3 is 0 Å². The summed E-state index contributed by atoms with van der Waals surface area (Å²) in [5.41, 5.74) is 0.386. The van der Waals surface area contributed by atoms with Crippen LogP contribution in [0.5, 0.6) is 0 Å². The van der Waals surface area contributed by atoms with Crippen molar-refractivity contribution >= 4 is 27.2 Å². The Labute approximate surface area is 206 Å². The van der Waals surface area contributed by atoms with Gasteiger partial charge in [0.05, 0.1) is 20.4 Å². The molecule has 1 fully saturated rings. The molecule has 0 bridgehead atoms. The van der Waals surface area contributed by atoms with Gasteiger partial charge in [0, 0.05) is 50.1 Å². The molecule has 1 aliphatic rings. The third-order valence-corrected chi connectivity index (χ3v) is 8.11. The summed E-state index contributed by atoms with van der Waals surface area (Å²) >= 11 is 0. The highest BCUT2D eigenvalue weighted by Gasteiger charge is 2.33. The summed E-state index contributed by atoms with van der Waals surface area (Å²) in [7, 11) is -4.21. The molecule has 190 valence electrons. The Hall–Kier alpha value is -3.98. The first-order valence-electron chi connectivity index (χ1n) is 10.9. The van der Waals surface area contributed by atoms with E-state index < -0.39 is 36.1 Å². The van der Waals surface area contributed by atoms with Crippen LogP contribution in [-0.4, -0.2) is 68.3 Å². The van der Waals surface area contributed by atoms with Crippen LogP contribution in [0.4, 0.5) is 17.2 Å². The molecule has 0 radical (unpaired) electrons. The van der Waals surface area contributed by atoms with Gasteiger partial charge in [-0.15, -0.1) is 0 Å². The zero-order valence-electron chi connectivity index (χ0n) is 20.1. The van der Waals surface area contributed by atoms with Crippen LogP contribution in [0.3, 0.4) is 0 Å². The lowest BCUT2D eigenvalue weighted by Crippen LogP contribution is -2.49. The summed E-state index contributed by atoms with van der Waals surface area (Å²) in [4.78, 5) is 35.8. The third kappa shape index (κ3) is 4.49. The maximum atomic E-state index is 13.3. The highest BCUT2D eigenvalue weighted by Crippen LogP contribution is 2.33. The molecule has 0 N–H and O–H groups in total. The monoisotopic (exact) mass is 516 g/mol. The van der Waals surface area contributed by atoms with Crippen LogP contribution in [0.1, 0.15) is 22.8 Å². The van der Waals surface area contributed by atoms with Crippen LogP contribution < -0.4 is 4.90 Å². The second-order valence-corrected chi connectivity index (χ2v) is 10.3. The van der Waals surface area contributed by atoms with Gasteiger partial charge in [-0.2, -0.15) is 4.31 Å². The van der Waals surface area contributed by atoms with Crippen molar-refractivity contribution in [2.24, 2.45) is 0 Å². The fraction of sp³-hybridized carbons (Fsp3) is 0.381. The first kappa shape index (κ1) is 25.1. The minimum absolute atomic E-state index is 0.0688. The number of nitro benzene ring substituents is 2. The summed E-state index contributed by atoms with van der Waals surface area (Å²) in [5.74, 6) is 1.81. The first-order chi connectivity index (χ1) is 16.9. The Bertz CT molecular complexity index is 1440. The van der Waals surface area contributed by atoms with Crippen molar-refractivity contribution in [3.05, 3.63) is 67.5 Å². The number of hydrogen-bond donors (Lipinski definition) is 0. The van der Waals surface area contributed by atoms with Gasteiger partial charge in [-0.25, -0.2) is 23.4 Å². The molecule has 0 saturated carbocycles. The molecule has 0 aliphatic carbocycles. The number of aromatic nitrogens is 4. The molecule has 2 aromatic heterocycles. The number of nitro groups is 2. The van der Waals surface area contributed by atoms with Crippen molar-refractivity contribution < 1.29 is 18.3 Å². The van der Waals surface area contributed by atoms with Gasteiger partial charge in [-0.05, 0) is 27.7 Å². The zero-order valence-corrected chi connectivity index (χ0v) is 20.9. The van der Waals surface area contributed by atoms with Gasteiger partial charge in [0.2, 0.25) is 10.0 Å². The van der Waals surface area contributed by atoms with Gasteiger partial charge in [-0.3, -0.25) is 24.8 Å². The number of anilines is 1. The van der Waals surface area contributed by atoms with Crippen molar-refractivity contribution in [2.75, 3.05) is 31.1 Å². The van der Waals surface area contributed by atoms with E-state index in [2.05, 4.69) is 15.0 Å². The number of hydrogen-bond acceptors (Lipinski definition) is 10. The van der Waals surface area contributed by atoms with Gasteiger partial charge in [-0.1, -0.05) is 0 Å². The number of nitrogens with zero attached hydrogens (tertiary/aromatic N) is 8. The number of piperazine rings is 1. The summed E-state index contributed by atoms with van der Waals surface area (Å²) in [6.45, 7) is 7.56. The molecule has 36 heavy (non-hydrogen) atoms. The van der Waals surface area contributed by atoms with E-state index in [1.54, 1.807) is 19.3 Å². The minimum atomic E-state index is -4.21. The predicted octanol–water partition coefficient (Wildman–Crippen LogP) is 2.22. The highest BCUT2D eigenvalue weighted by atomic mass is 32.2. The van der Waals surface area contributed by atoms with E-state index in [0.29, 0.717) is 30.5 Å². The smallest absolute Gasteiger partial charge is 0.280 e. The highest BCUT2D eigenvalue weighted by molar-refractivity contribution is 7.89. The maximum Gasteiger partial charge on any atom is 0.280 e. The first-order valence-corrected chi connectivity index (χ1v) is 12.4. The summed E-state index contributed by atoms with van der Waals surface area (Å²) < 4.78 is 29.5. The van der Waals surface area contributed by atoms with Gasteiger partial charge in [0.25, 0.3) is 11.4 Å². The zero-order chi connectivity index (χ0) is 26.4. The normalized spacial score (nSPS) is 14.7. The van der Waals surface area contributed by atoms with Crippen LogP contribution in [0.25, 0.3) is 5.82 Å². The number of aryl methyl sites for hydroxylation is 2. The Morgan fingerprint density at radius 1 is 0.861 bits per heavy atom. The number of imidazole rings is 1. The lowest BCUT2D eigenvalue weighted by molar-refractivity contribution is -0.395. The van der Waals surface area contributed by atoms with Crippen molar-refractivity contribution in [3.63, 3.8) is 0 Å².